The molecule has 5 heteroatoms. The van der Waals surface area contributed by atoms with E-state index in [0.29, 0.717) is 0 Å². The molecule has 4 nitrogen and oxygen atoms in total. The molecule has 0 saturated carbocycles. The first-order valence-electron chi connectivity index (χ1n) is 7.54. The third kappa shape index (κ3) is 4.93. The number of ether oxygens (including phenoxy) is 1. The fourth-order valence-corrected chi connectivity index (χ4v) is 2.85. The lowest BCUT2D eigenvalue weighted by molar-refractivity contribution is -0.117. The summed E-state index contributed by atoms with van der Waals surface area (Å²) in [6.07, 6.45) is 3.28. The maximum atomic E-state index is 12.2. The van der Waals surface area contributed by atoms with Gasteiger partial charge in [0.2, 0.25) is 5.91 Å². The van der Waals surface area contributed by atoms with Gasteiger partial charge < -0.3 is 10.1 Å². The second kappa shape index (κ2) is 7.92. The van der Waals surface area contributed by atoms with Crippen molar-refractivity contribution in [3.63, 3.8) is 0 Å². The maximum Gasteiger partial charge on any atom is 0.244 e. The second-order valence-corrected chi connectivity index (χ2v) is 6.69. The van der Waals surface area contributed by atoms with Crippen molar-refractivity contribution in [2.45, 2.75) is 26.8 Å². The summed E-state index contributed by atoms with van der Waals surface area (Å²) < 4.78 is 5.18. The zero-order chi connectivity index (χ0) is 16.8. The van der Waals surface area contributed by atoms with E-state index in [1.807, 2.05) is 36.6 Å². The zero-order valence-corrected chi connectivity index (χ0v) is 14.7. The fourth-order valence-electron chi connectivity index (χ4n) is 2.27. The van der Waals surface area contributed by atoms with Gasteiger partial charge in [0.1, 0.15) is 5.75 Å². The maximum absolute atomic E-state index is 12.2. The van der Waals surface area contributed by atoms with Crippen LogP contribution in [0.25, 0.3) is 6.08 Å². The lowest BCUT2D eigenvalue weighted by Crippen LogP contribution is -2.30. The van der Waals surface area contributed by atoms with E-state index in [2.05, 4.69) is 24.1 Å². The van der Waals surface area contributed by atoms with Gasteiger partial charge in [0.25, 0.3) is 0 Å². The van der Waals surface area contributed by atoms with Gasteiger partial charge in [0.05, 0.1) is 23.9 Å². The van der Waals surface area contributed by atoms with Crippen molar-refractivity contribution in [1.29, 1.82) is 0 Å². The van der Waals surface area contributed by atoms with Gasteiger partial charge in [-0.05, 0) is 36.6 Å². The quantitative estimate of drug-likeness (QED) is 0.815. The zero-order valence-electron chi connectivity index (χ0n) is 13.9. The highest BCUT2D eigenvalue weighted by molar-refractivity contribution is 7.09. The number of aromatic nitrogens is 1. The average Bonchev–Trinajstić information content (AvgIpc) is 2.96. The highest BCUT2D eigenvalue weighted by Gasteiger charge is 2.17. The summed E-state index contributed by atoms with van der Waals surface area (Å²) in [5.41, 5.74) is 1.88. The topological polar surface area (TPSA) is 51.2 Å². The van der Waals surface area contributed by atoms with Crippen LogP contribution >= 0.6 is 11.3 Å². The number of carbonyl (C=O) groups excluding carboxylic acids is 1. The van der Waals surface area contributed by atoms with E-state index in [0.717, 1.165) is 22.0 Å². The SMILES string of the molecule is COc1ccc(C(NC(=O)/C=C/c2csc(C)n2)C(C)C)cc1. The third-order valence-electron chi connectivity index (χ3n) is 3.48. The Morgan fingerprint density at radius 1 is 1.30 bits per heavy atom. The largest absolute Gasteiger partial charge is 0.497 e. The Kier molecular flexibility index (Phi) is 5.93. The molecular formula is C18H22N2O2S. The van der Waals surface area contributed by atoms with E-state index >= 15 is 0 Å². The van der Waals surface area contributed by atoms with E-state index in [1.165, 1.54) is 6.08 Å². The highest BCUT2D eigenvalue weighted by atomic mass is 32.1. The lowest BCUT2D eigenvalue weighted by Gasteiger charge is -2.22. The minimum atomic E-state index is -0.120. The fraction of sp³-hybridized carbons (Fsp3) is 0.333. The van der Waals surface area contributed by atoms with Crippen molar-refractivity contribution in [1.82, 2.24) is 10.3 Å². The van der Waals surface area contributed by atoms with Gasteiger partial charge in [-0.2, -0.15) is 0 Å². The van der Waals surface area contributed by atoms with Crippen LogP contribution in [0.15, 0.2) is 35.7 Å². The summed E-state index contributed by atoms with van der Waals surface area (Å²) in [5, 5.41) is 5.98. The summed E-state index contributed by atoms with van der Waals surface area (Å²) in [7, 11) is 1.64. The molecule has 0 aliphatic heterocycles. The van der Waals surface area contributed by atoms with Gasteiger partial charge in [-0.1, -0.05) is 26.0 Å². The minimum Gasteiger partial charge on any atom is -0.497 e. The van der Waals surface area contributed by atoms with E-state index in [-0.39, 0.29) is 17.9 Å². The molecule has 0 radical (unpaired) electrons. The molecule has 1 N–H and O–H groups in total. The molecule has 23 heavy (non-hydrogen) atoms. The number of aryl methyl sites for hydroxylation is 1. The summed E-state index contributed by atoms with van der Waals surface area (Å²) in [5.74, 6) is 0.966. The molecular weight excluding hydrogens is 308 g/mol. The van der Waals surface area contributed by atoms with Gasteiger partial charge >= 0.3 is 0 Å². The number of carbonyl (C=O) groups is 1. The predicted octanol–water partition coefficient (Wildman–Crippen LogP) is 3.99. The first-order chi connectivity index (χ1) is 11.0. The van der Waals surface area contributed by atoms with Crippen LogP contribution in [0.3, 0.4) is 0 Å². The summed E-state index contributed by atoms with van der Waals surface area (Å²) in [4.78, 5) is 16.5. The van der Waals surface area contributed by atoms with Crippen LogP contribution in [0.1, 0.15) is 36.2 Å². The molecule has 2 aromatic rings. The Hall–Kier alpha value is -2.14. The van der Waals surface area contributed by atoms with E-state index in [4.69, 9.17) is 4.74 Å². The Bertz CT molecular complexity index is 675. The molecule has 1 amide bonds. The molecule has 1 heterocycles. The summed E-state index contributed by atoms with van der Waals surface area (Å²) >= 11 is 1.57. The Labute approximate surface area is 141 Å². The first kappa shape index (κ1) is 17.2. The molecule has 2 rings (SSSR count). The number of hydrogen-bond acceptors (Lipinski definition) is 4. The van der Waals surface area contributed by atoms with Crippen LogP contribution in [0.5, 0.6) is 5.75 Å². The van der Waals surface area contributed by atoms with E-state index in [9.17, 15) is 4.79 Å². The summed E-state index contributed by atoms with van der Waals surface area (Å²) in [6, 6.07) is 7.74. The van der Waals surface area contributed by atoms with Crippen LogP contribution in [-0.2, 0) is 4.79 Å². The molecule has 122 valence electrons. The molecule has 0 saturated heterocycles. The second-order valence-electron chi connectivity index (χ2n) is 5.63. The van der Waals surface area contributed by atoms with Crippen LogP contribution in [-0.4, -0.2) is 18.0 Å². The Morgan fingerprint density at radius 2 is 2.00 bits per heavy atom. The molecule has 0 aliphatic carbocycles. The number of nitrogens with zero attached hydrogens (tertiary/aromatic N) is 1. The number of benzene rings is 1. The van der Waals surface area contributed by atoms with Crippen molar-refractivity contribution in [3.05, 3.63) is 52.0 Å². The van der Waals surface area contributed by atoms with Crippen LogP contribution in [0.2, 0.25) is 0 Å². The van der Waals surface area contributed by atoms with Crippen molar-refractivity contribution in [2.24, 2.45) is 5.92 Å². The van der Waals surface area contributed by atoms with Crippen molar-refractivity contribution in [2.75, 3.05) is 7.11 Å². The summed E-state index contributed by atoms with van der Waals surface area (Å²) in [6.45, 7) is 6.12. The molecule has 1 unspecified atom stereocenters. The van der Waals surface area contributed by atoms with E-state index < -0.39 is 0 Å². The Morgan fingerprint density at radius 3 is 2.52 bits per heavy atom. The van der Waals surface area contributed by atoms with Crippen LogP contribution < -0.4 is 10.1 Å². The molecule has 0 fully saturated rings. The molecule has 0 aliphatic rings. The number of thiazole rings is 1. The van der Waals surface area contributed by atoms with Gasteiger partial charge in [-0.15, -0.1) is 11.3 Å². The van der Waals surface area contributed by atoms with Crippen LogP contribution in [0, 0.1) is 12.8 Å². The van der Waals surface area contributed by atoms with Crippen molar-refractivity contribution >= 4 is 23.3 Å². The number of nitrogens with one attached hydrogen (secondary N) is 1. The highest BCUT2D eigenvalue weighted by Crippen LogP contribution is 2.24. The average molecular weight is 330 g/mol. The molecule has 0 bridgehead atoms. The smallest absolute Gasteiger partial charge is 0.244 e. The number of hydrogen-bond donors (Lipinski definition) is 1. The number of amides is 1. The lowest BCUT2D eigenvalue weighted by atomic mass is 9.96. The van der Waals surface area contributed by atoms with Gasteiger partial charge in [-0.25, -0.2) is 4.98 Å². The number of methoxy groups -OCH3 is 1. The van der Waals surface area contributed by atoms with Crippen LogP contribution in [0.4, 0.5) is 0 Å². The van der Waals surface area contributed by atoms with Crippen molar-refractivity contribution < 1.29 is 9.53 Å². The Balaban J connectivity index is 2.06. The van der Waals surface area contributed by atoms with Gasteiger partial charge in [0, 0.05) is 11.5 Å². The first-order valence-corrected chi connectivity index (χ1v) is 8.42. The molecule has 1 atom stereocenters. The predicted molar refractivity (Wildman–Crippen MR) is 94.6 cm³/mol. The normalized spacial score (nSPS) is 12.6. The monoisotopic (exact) mass is 330 g/mol. The molecule has 1 aromatic carbocycles. The van der Waals surface area contributed by atoms with Crippen molar-refractivity contribution in [3.8, 4) is 5.75 Å². The molecule has 1 aromatic heterocycles. The minimum absolute atomic E-state index is 0.0461. The van der Waals surface area contributed by atoms with Gasteiger partial charge in [-0.3, -0.25) is 4.79 Å². The molecule has 0 spiro atoms. The van der Waals surface area contributed by atoms with Gasteiger partial charge in [0.15, 0.2) is 0 Å². The third-order valence-corrected chi connectivity index (χ3v) is 4.27. The van der Waals surface area contributed by atoms with E-state index in [1.54, 1.807) is 24.5 Å². The number of rotatable bonds is 6. The standard InChI is InChI=1S/C18H22N2O2S/c1-12(2)18(14-5-8-16(22-4)9-6-14)20-17(21)10-7-15-11-23-13(3)19-15/h5-12,18H,1-4H3,(H,20,21)/b10-7+.